The van der Waals surface area contributed by atoms with Gasteiger partial charge >= 0.3 is 6.09 Å². The molecule has 23 heavy (non-hydrogen) atoms. The minimum Gasteiger partial charge on any atom is -0.447 e. The number of hydrogen-bond acceptors (Lipinski definition) is 3. The minimum absolute atomic E-state index is 0.0344. The third-order valence-electron chi connectivity index (χ3n) is 5.26. The summed E-state index contributed by atoms with van der Waals surface area (Å²) in [6.07, 6.45) is 3.19. The molecule has 4 unspecified atom stereocenters. The quantitative estimate of drug-likeness (QED) is 0.855. The normalized spacial score (nSPS) is 31.0. The van der Waals surface area contributed by atoms with Crippen molar-refractivity contribution in [1.29, 1.82) is 0 Å². The molecule has 2 amide bonds. The van der Waals surface area contributed by atoms with Gasteiger partial charge in [-0.2, -0.15) is 0 Å². The van der Waals surface area contributed by atoms with E-state index in [0.717, 1.165) is 24.8 Å². The lowest BCUT2D eigenvalue weighted by Crippen LogP contribution is -2.46. The standard InChI is InChI=1S/C19H25NO3/c1-13-8-9-17(14(2)10-13)18(21)20-16(12-23-19(20)22)11-15-6-4-3-5-7-15/h3-7,13-14,16-17H,8-12H2,1-2H3. The van der Waals surface area contributed by atoms with Gasteiger partial charge in [-0.15, -0.1) is 0 Å². The van der Waals surface area contributed by atoms with E-state index in [1.807, 2.05) is 30.3 Å². The second-order valence-corrected chi connectivity index (χ2v) is 7.13. The van der Waals surface area contributed by atoms with Crippen LogP contribution in [0.15, 0.2) is 30.3 Å². The highest BCUT2D eigenvalue weighted by atomic mass is 16.6. The maximum atomic E-state index is 13.0. The van der Waals surface area contributed by atoms with Gasteiger partial charge in [0.2, 0.25) is 5.91 Å². The van der Waals surface area contributed by atoms with Gasteiger partial charge in [-0.25, -0.2) is 9.69 Å². The van der Waals surface area contributed by atoms with Crippen LogP contribution in [0.1, 0.15) is 38.7 Å². The first kappa shape index (κ1) is 16.0. The van der Waals surface area contributed by atoms with Gasteiger partial charge in [0, 0.05) is 5.92 Å². The van der Waals surface area contributed by atoms with Crippen molar-refractivity contribution < 1.29 is 14.3 Å². The molecule has 1 aromatic carbocycles. The van der Waals surface area contributed by atoms with Crippen LogP contribution in [0.5, 0.6) is 0 Å². The van der Waals surface area contributed by atoms with Crippen LogP contribution in [0.3, 0.4) is 0 Å². The van der Waals surface area contributed by atoms with Gasteiger partial charge in [-0.05, 0) is 43.1 Å². The zero-order valence-corrected chi connectivity index (χ0v) is 13.9. The van der Waals surface area contributed by atoms with Crippen molar-refractivity contribution in [3.63, 3.8) is 0 Å². The minimum atomic E-state index is -0.471. The molecule has 1 aliphatic carbocycles. The largest absolute Gasteiger partial charge is 0.447 e. The number of hydrogen-bond donors (Lipinski definition) is 0. The van der Waals surface area contributed by atoms with Crippen LogP contribution >= 0.6 is 0 Å². The van der Waals surface area contributed by atoms with Crippen molar-refractivity contribution >= 4 is 12.0 Å². The molecule has 0 N–H and O–H groups in total. The highest BCUT2D eigenvalue weighted by molar-refractivity contribution is 5.95. The predicted molar refractivity (Wildman–Crippen MR) is 87.8 cm³/mol. The second-order valence-electron chi connectivity index (χ2n) is 7.13. The van der Waals surface area contributed by atoms with Crippen LogP contribution in [0.4, 0.5) is 4.79 Å². The fraction of sp³-hybridized carbons (Fsp3) is 0.579. The van der Waals surface area contributed by atoms with E-state index in [-0.39, 0.29) is 17.9 Å². The zero-order chi connectivity index (χ0) is 16.4. The summed E-state index contributed by atoms with van der Waals surface area (Å²) in [5.74, 6) is 0.916. The number of nitrogens with zero attached hydrogens (tertiary/aromatic N) is 1. The summed E-state index contributed by atoms with van der Waals surface area (Å²) >= 11 is 0. The lowest BCUT2D eigenvalue weighted by molar-refractivity contribution is -0.136. The molecule has 1 aliphatic heterocycles. The Kier molecular flexibility index (Phi) is 4.69. The molecule has 4 heteroatoms. The van der Waals surface area contributed by atoms with Gasteiger partial charge in [-0.3, -0.25) is 4.79 Å². The molecule has 1 saturated heterocycles. The van der Waals surface area contributed by atoms with E-state index in [2.05, 4.69) is 13.8 Å². The zero-order valence-electron chi connectivity index (χ0n) is 13.9. The van der Waals surface area contributed by atoms with Crippen LogP contribution in [0, 0.1) is 17.8 Å². The highest BCUT2D eigenvalue weighted by Crippen LogP contribution is 2.35. The molecule has 1 heterocycles. The number of imide groups is 1. The summed E-state index contributed by atoms with van der Waals surface area (Å²) in [5, 5.41) is 0. The summed E-state index contributed by atoms with van der Waals surface area (Å²) < 4.78 is 5.18. The smallest absolute Gasteiger partial charge is 0.416 e. The number of amides is 2. The van der Waals surface area contributed by atoms with E-state index >= 15 is 0 Å². The SMILES string of the molecule is CC1CCC(C(=O)N2C(=O)OCC2Cc2ccccc2)C(C)C1. The van der Waals surface area contributed by atoms with Gasteiger partial charge in [-0.1, -0.05) is 44.2 Å². The lowest BCUT2D eigenvalue weighted by atomic mass is 9.75. The highest BCUT2D eigenvalue weighted by Gasteiger charge is 2.43. The second kappa shape index (κ2) is 6.73. The Morgan fingerprint density at radius 3 is 2.65 bits per heavy atom. The monoisotopic (exact) mass is 315 g/mol. The number of cyclic esters (lactones) is 1. The Labute approximate surface area is 137 Å². The Balaban J connectivity index is 1.73. The van der Waals surface area contributed by atoms with Crippen LogP contribution in [-0.2, 0) is 16.0 Å². The first-order valence-electron chi connectivity index (χ1n) is 8.60. The fourth-order valence-electron chi connectivity index (χ4n) is 3.98. The molecule has 124 valence electrons. The van der Waals surface area contributed by atoms with Crippen LogP contribution < -0.4 is 0 Å². The molecule has 0 spiro atoms. The van der Waals surface area contributed by atoms with Gasteiger partial charge in [0.05, 0.1) is 6.04 Å². The Morgan fingerprint density at radius 1 is 1.22 bits per heavy atom. The molecule has 1 saturated carbocycles. The molecule has 2 fully saturated rings. The Morgan fingerprint density at radius 2 is 1.96 bits per heavy atom. The summed E-state index contributed by atoms with van der Waals surface area (Å²) in [7, 11) is 0. The van der Waals surface area contributed by atoms with E-state index in [0.29, 0.717) is 24.9 Å². The summed E-state index contributed by atoms with van der Waals surface area (Å²) in [6.45, 7) is 4.67. The summed E-state index contributed by atoms with van der Waals surface area (Å²) in [5.41, 5.74) is 1.12. The lowest BCUT2D eigenvalue weighted by Gasteiger charge is -2.34. The van der Waals surface area contributed by atoms with Crippen LogP contribution in [-0.4, -0.2) is 29.5 Å². The molecular formula is C19H25NO3. The van der Waals surface area contributed by atoms with E-state index in [4.69, 9.17) is 4.74 Å². The average Bonchev–Trinajstić information content (AvgIpc) is 2.88. The maximum Gasteiger partial charge on any atom is 0.416 e. The third-order valence-corrected chi connectivity index (χ3v) is 5.26. The Bertz CT molecular complexity index is 571. The molecule has 0 bridgehead atoms. The Hall–Kier alpha value is -1.84. The number of benzene rings is 1. The molecule has 3 rings (SSSR count). The number of carbonyl (C=O) groups excluding carboxylic acids is 2. The van der Waals surface area contributed by atoms with Crippen molar-refractivity contribution in [2.75, 3.05) is 6.61 Å². The van der Waals surface area contributed by atoms with Gasteiger partial charge in [0.25, 0.3) is 0 Å². The summed E-state index contributed by atoms with van der Waals surface area (Å²) in [4.78, 5) is 26.5. The van der Waals surface area contributed by atoms with Crippen molar-refractivity contribution in [2.45, 2.75) is 45.6 Å². The number of ether oxygens (including phenoxy) is 1. The van der Waals surface area contributed by atoms with Crippen molar-refractivity contribution in [3.8, 4) is 0 Å². The molecule has 1 aromatic rings. The van der Waals surface area contributed by atoms with Gasteiger partial charge < -0.3 is 4.74 Å². The predicted octanol–water partition coefficient (Wildman–Crippen LogP) is 3.65. The van der Waals surface area contributed by atoms with E-state index in [1.165, 1.54) is 4.90 Å². The molecular weight excluding hydrogens is 290 g/mol. The van der Waals surface area contributed by atoms with E-state index in [9.17, 15) is 9.59 Å². The maximum absolute atomic E-state index is 13.0. The number of rotatable bonds is 3. The molecule has 0 radical (unpaired) electrons. The summed E-state index contributed by atoms with van der Waals surface area (Å²) in [6, 6.07) is 9.79. The van der Waals surface area contributed by atoms with Crippen molar-refractivity contribution in [3.05, 3.63) is 35.9 Å². The number of carbonyl (C=O) groups is 2. The first-order valence-corrected chi connectivity index (χ1v) is 8.60. The van der Waals surface area contributed by atoms with E-state index < -0.39 is 6.09 Å². The third kappa shape index (κ3) is 3.41. The van der Waals surface area contributed by atoms with Crippen LogP contribution in [0.25, 0.3) is 0 Å². The van der Waals surface area contributed by atoms with Crippen LogP contribution in [0.2, 0.25) is 0 Å². The molecule has 4 nitrogen and oxygen atoms in total. The topological polar surface area (TPSA) is 46.6 Å². The van der Waals surface area contributed by atoms with Gasteiger partial charge in [0.15, 0.2) is 0 Å². The molecule has 0 aromatic heterocycles. The van der Waals surface area contributed by atoms with Crippen molar-refractivity contribution in [1.82, 2.24) is 4.90 Å². The molecule has 2 aliphatic rings. The molecule has 4 atom stereocenters. The van der Waals surface area contributed by atoms with E-state index in [1.54, 1.807) is 0 Å². The average molecular weight is 315 g/mol. The first-order chi connectivity index (χ1) is 11.1. The fourth-order valence-corrected chi connectivity index (χ4v) is 3.98. The van der Waals surface area contributed by atoms with Gasteiger partial charge in [0.1, 0.15) is 6.61 Å². The van der Waals surface area contributed by atoms with Crippen molar-refractivity contribution in [2.24, 2.45) is 17.8 Å².